The number of aliphatic imine (C=N–C) groups is 1. The minimum Gasteiger partial charge on any atom is -0.508 e. The summed E-state index contributed by atoms with van der Waals surface area (Å²) in [6.45, 7) is 5.75. The van der Waals surface area contributed by atoms with E-state index in [-0.39, 0.29) is 35.6 Å². The molecule has 0 aromatic heterocycles. The lowest BCUT2D eigenvalue weighted by Gasteiger charge is -2.40. The van der Waals surface area contributed by atoms with Gasteiger partial charge in [0.25, 0.3) is 5.91 Å². The van der Waals surface area contributed by atoms with Gasteiger partial charge >= 0.3 is 0 Å². The van der Waals surface area contributed by atoms with Crippen molar-refractivity contribution >= 4 is 35.8 Å². The molecule has 1 aliphatic rings. The number of amides is 1. The molecule has 0 saturated heterocycles. The number of benzene rings is 1. The zero-order valence-corrected chi connectivity index (χ0v) is 19.8. The quantitative estimate of drug-likeness (QED) is 0.157. The van der Waals surface area contributed by atoms with Crippen LogP contribution in [0.15, 0.2) is 29.3 Å². The van der Waals surface area contributed by atoms with Gasteiger partial charge in [-0.15, -0.1) is 24.0 Å². The zero-order chi connectivity index (χ0) is 20.2. The molecule has 4 N–H and O–H groups in total. The van der Waals surface area contributed by atoms with Crippen LogP contribution in [0.3, 0.4) is 0 Å². The number of phenolic OH excluding ortho intramolecular Hbond substituents is 1. The highest BCUT2D eigenvalue weighted by Crippen LogP contribution is 2.44. The smallest absolute Gasteiger partial charge is 0.251 e. The summed E-state index contributed by atoms with van der Waals surface area (Å²) in [6.07, 6.45) is 5.57. The first kappa shape index (κ1) is 25.5. The molecule has 1 aromatic rings. The van der Waals surface area contributed by atoms with E-state index in [2.05, 4.69) is 22.9 Å². The molecule has 0 heterocycles. The van der Waals surface area contributed by atoms with E-state index in [4.69, 9.17) is 9.73 Å². The Morgan fingerprint density at radius 1 is 1.24 bits per heavy atom. The number of nitrogens with one attached hydrogen (secondary N) is 3. The molecule has 0 unspecified atom stereocenters. The van der Waals surface area contributed by atoms with Crippen LogP contribution in [0.4, 0.5) is 0 Å². The van der Waals surface area contributed by atoms with Crippen molar-refractivity contribution in [2.45, 2.75) is 39.0 Å². The fourth-order valence-electron chi connectivity index (χ4n) is 3.32. The molecule has 2 rings (SSSR count). The zero-order valence-electron chi connectivity index (χ0n) is 17.5. The van der Waals surface area contributed by atoms with Gasteiger partial charge in [-0.1, -0.05) is 12.5 Å². The Morgan fingerprint density at radius 3 is 2.62 bits per heavy atom. The third kappa shape index (κ3) is 8.77. The van der Waals surface area contributed by atoms with E-state index in [0.717, 1.165) is 45.0 Å². The third-order valence-electron chi connectivity index (χ3n) is 5.21. The minimum absolute atomic E-state index is 0. The SMILES string of the molecule is CCNC(=NCC1(CCOC)CCC1)NCCCNC(=O)c1cccc(O)c1.I. The summed E-state index contributed by atoms with van der Waals surface area (Å²) in [6, 6.07) is 6.35. The van der Waals surface area contributed by atoms with Crippen LogP contribution in [0.2, 0.25) is 0 Å². The molecule has 8 heteroatoms. The number of nitrogens with zero attached hydrogens (tertiary/aromatic N) is 1. The van der Waals surface area contributed by atoms with Crippen LogP contribution < -0.4 is 16.0 Å². The highest BCUT2D eigenvalue weighted by atomic mass is 127. The van der Waals surface area contributed by atoms with Crippen LogP contribution in [0, 0.1) is 5.41 Å². The van der Waals surface area contributed by atoms with Crippen molar-refractivity contribution in [1.82, 2.24) is 16.0 Å². The molecule has 0 aliphatic heterocycles. The summed E-state index contributed by atoms with van der Waals surface area (Å²) in [5.41, 5.74) is 0.762. The maximum absolute atomic E-state index is 12.0. The number of halogens is 1. The lowest BCUT2D eigenvalue weighted by Crippen LogP contribution is -2.41. The van der Waals surface area contributed by atoms with Crippen molar-refractivity contribution < 1.29 is 14.6 Å². The fourth-order valence-corrected chi connectivity index (χ4v) is 3.32. The van der Waals surface area contributed by atoms with Crippen molar-refractivity contribution in [3.63, 3.8) is 0 Å². The first-order valence-electron chi connectivity index (χ1n) is 10.2. The van der Waals surface area contributed by atoms with Gasteiger partial charge in [0.15, 0.2) is 5.96 Å². The fraction of sp³-hybridized carbons (Fsp3) is 0.619. The van der Waals surface area contributed by atoms with Gasteiger partial charge in [0.05, 0.1) is 0 Å². The molecule has 0 bridgehead atoms. The van der Waals surface area contributed by atoms with E-state index in [1.165, 1.54) is 25.3 Å². The van der Waals surface area contributed by atoms with Gasteiger partial charge in [-0.05, 0) is 56.2 Å². The third-order valence-corrected chi connectivity index (χ3v) is 5.21. The Kier molecular flexibility index (Phi) is 12.0. The predicted octanol–water partition coefficient (Wildman–Crippen LogP) is 2.89. The lowest BCUT2D eigenvalue weighted by molar-refractivity contribution is 0.0778. The van der Waals surface area contributed by atoms with Crippen LogP contribution in [0.5, 0.6) is 5.75 Å². The Balaban J connectivity index is 0.00000420. The molecule has 1 aliphatic carbocycles. The largest absolute Gasteiger partial charge is 0.508 e. The Labute approximate surface area is 191 Å². The van der Waals surface area contributed by atoms with Gasteiger partial charge < -0.3 is 25.8 Å². The van der Waals surface area contributed by atoms with Gasteiger partial charge in [-0.2, -0.15) is 0 Å². The molecule has 1 saturated carbocycles. The Hall–Kier alpha value is -1.55. The van der Waals surface area contributed by atoms with Crippen LogP contribution in [-0.4, -0.2) is 56.9 Å². The van der Waals surface area contributed by atoms with Gasteiger partial charge in [0.2, 0.25) is 0 Å². The van der Waals surface area contributed by atoms with Crippen LogP contribution >= 0.6 is 24.0 Å². The monoisotopic (exact) mass is 518 g/mol. The van der Waals surface area contributed by atoms with Crippen molar-refractivity contribution in [2.75, 3.05) is 39.9 Å². The van der Waals surface area contributed by atoms with E-state index in [0.29, 0.717) is 17.5 Å². The second-order valence-electron chi connectivity index (χ2n) is 7.38. The second kappa shape index (κ2) is 13.6. The highest BCUT2D eigenvalue weighted by Gasteiger charge is 2.36. The number of hydrogen-bond acceptors (Lipinski definition) is 4. The van der Waals surface area contributed by atoms with Crippen LogP contribution in [0.1, 0.15) is 49.4 Å². The first-order valence-corrected chi connectivity index (χ1v) is 10.2. The molecule has 7 nitrogen and oxygen atoms in total. The summed E-state index contributed by atoms with van der Waals surface area (Å²) in [5.74, 6) is 0.739. The molecule has 0 atom stereocenters. The molecule has 29 heavy (non-hydrogen) atoms. The number of hydrogen-bond donors (Lipinski definition) is 4. The predicted molar refractivity (Wildman–Crippen MR) is 127 cm³/mol. The first-order chi connectivity index (χ1) is 13.6. The summed E-state index contributed by atoms with van der Waals surface area (Å²) in [4.78, 5) is 16.8. The lowest BCUT2D eigenvalue weighted by atomic mass is 9.67. The molecule has 164 valence electrons. The molecule has 1 aromatic carbocycles. The van der Waals surface area contributed by atoms with Gasteiger partial charge in [0.1, 0.15) is 5.75 Å². The van der Waals surface area contributed by atoms with E-state index >= 15 is 0 Å². The topological polar surface area (TPSA) is 95.0 Å². The van der Waals surface area contributed by atoms with Crippen molar-refractivity contribution in [2.24, 2.45) is 10.4 Å². The van der Waals surface area contributed by atoms with E-state index in [1.807, 2.05) is 0 Å². The number of carbonyl (C=O) groups excluding carboxylic acids is 1. The van der Waals surface area contributed by atoms with Crippen molar-refractivity contribution in [3.8, 4) is 5.75 Å². The van der Waals surface area contributed by atoms with Gasteiger partial charge in [0, 0.05) is 45.5 Å². The summed E-state index contributed by atoms with van der Waals surface area (Å²) in [5, 5.41) is 18.9. The average Bonchev–Trinajstić information content (AvgIpc) is 2.66. The standard InChI is InChI=1S/C21H34N4O3.HI/c1-3-22-20(25-16-21(9-5-10-21)11-14-28-2)24-13-6-12-23-19(27)17-7-4-8-18(26)15-17;/h4,7-8,15,26H,3,5-6,9-14,16H2,1-2H3,(H,23,27)(H2,22,24,25);1H. The number of phenols is 1. The number of guanidine groups is 1. The minimum atomic E-state index is -0.179. The Bertz CT molecular complexity index is 651. The molecule has 0 radical (unpaired) electrons. The van der Waals surface area contributed by atoms with Crippen LogP contribution in [-0.2, 0) is 4.74 Å². The van der Waals surface area contributed by atoms with E-state index in [1.54, 1.807) is 25.3 Å². The maximum atomic E-state index is 12.0. The normalized spacial score (nSPS) is 15.0. The molecule has 1 fully saturated rings. The number of ether oxygens (including phenoxy) is 1. The number of carbonyl (C=O) groups is 1. The molecular formula is C21H35IN4O3. The maximum Gasteiger partial charge on any atom is 0.251 e. The van der Waals surface area contributed by atoms with E-state index < -0.39 is 0 Å². The van der Waals surface area contributed by atoms with Gasteiger partial charge in [-0.3, -0.25) is 9.79 Å². The molecule has 1 amide bonds. The number of rotatable bonds is 11. The molecular weight excluding hydrogens is 483 g/mol. The summed E-state index contributed by atoms with van der Waals surface area (Å²) in [7, 11) is 1.75. The summed E-state index contributed by atoms with van der Waals surface area (Å²) >= 11 is 0. The average molecular weight is 518 g/mol. The van der Waals surface area contributed by atoms with Crippen molar-refractivity contribution in [3.05, 3.63) is 29.8 Å². The number of aromatic hydroxyl groups is 1. The highest BCUT2D eigenvalue weighted by molar-refractivity contribution is 14.0. The number of methoxy groups -OCH3 is 1. The van der Waals surface area contributed by atoms with Crippen molar-refractivity contribution in [1.29, 1.82) is 0 Å². The van der Waals surface area contributed by atoms with E-state index in [9.17, 15) is 9.90 Å². The molecule has 0 spiro atoms. The van der Waals surface area contributed by atoms with Crippen LogP contribution in [0.25, 0.3) is 0 Å². The Morgan fingerprint density at radius 2 is 2.00 bits per heavy atom. The van der Waals surface area contributed by atoms with Gasteiger partial charge in [-0.25, -0.2) is 0 Å². The second-order valence-corrected chi connectivity index (χ2v) is 7.38. The summed E-state index contributed by atoms with van der Waals surface area (Å²) < 4.78 is 5.25.